The summed E-state index contributed by atoms with van der Waals surface area (Å²) in [7, 11) is 1.93. The molecule has 0 spiro atoms. The molecule has 0 radical (unpaired) electrons. The number of aliphatic hydroxyl groups is 1. The maximum atomic E-state index is 13.3. The van der Waals surface area contributed by atoms with Crippen LogP contribution in [0.2, 0.25) is 0 Å². The Morgan fingerprint density at radius 2 is 1.98 bits per heavy atom. The standard InChI is InChI=1S/C33H34N6O4/c1-17(2)14-39-27-10-6-20(43-16-28(41)36-19-5-8-25(18(3)40)34-12-19)11-22(27)30-23-13-35-33(42)31(23)29-21(32(30)39)7-9-26-24(29)15-38(4)37-26/h5-6,8,10-12,15,17-18,40H,7,9,13-14,16H2,1-4H3,(H,35,42)(H,36,41). The Morgan fingerprint density at radius 1 is 1.14 bits per heavy atom. The fourth-order valence-corrected chi connectivity index (χ4v) is 6.61. The second-order valence-electron chi connectivity index (χ2n) is 11.9. The van der Waals surface area contributed by atoms with E-state index >= 15 is 0 Å². The highest BCUT2D eigenvalue weighted by Gasteiger charge is 2.35. The summed E-state index contributed by atoms with van der Waals surface area (Å²) >= 11 is 0. The summed E-state index contributed by atoms with van der Waals surface area (Å²) < 4.78 is 10.2. The lowest BCUT2D eigenvalue weighted by Gasteiger charge is -2.22. The molecule has 3 aromatic heterocycles. The number of benzene rings is 2. The number of nitrogens with zero attached hydrogens (tertiary/aromatic N) is 4. The first-order valence-electron chi connectivity index (χ1n) is 14.7. The minimum absolute atomic E-state index is 0.0466. The van der Waals surface area contributed by atoms with Gasteiger partial charge < -0.3 is 25.0 Å². The van der Waals surface area contributed by atoms with E-state index in [9.17, 15) is 14.7 Å². The molecular formula is C33H34N6O4. The lowest BCUT2D eigenvalue weighted by atomic mass is 9.82. The zero-order valence-corrected chi connectivity index (χ0v) is 24.7. The molecular weight excluding hydrogens is 544 g/mol. The third kappa shape index (κ3) is 4.53. The second kappa shape index (κ2) is 10.2. The van der Waals surface area contributed by atoms with Gasteiger partial charge in [0.1, 0.15) is 5.75 Å². The van der Waals surface area contributed by atoms with Gasteiger partial charge in [0.15, 0.2) is 6.61 Å². The number of aryl methyl sites for hydroxylation is 3. The number of aromatic nitrogens is 4. The molecule has 0 saturated heterocycles. The number of rotatable bonds is 7. The molecule has 1 aliphatic heterocycles. The van der Waals surface area contributed by atoms with Crippen LogP contribution in [-0.2, 0) is 37.8 Å². The van der Waals surface area contributed by atoms with E-state index in [1.807, 2.05) is 30.1 Å². The third-order valence-electron chi connectivity index (χ3n) is 8.33. The van der Waals surface area contributed by atoms with E-state index in [-0.39, 0.29) is 18.4 Å². The zero-order valence-electron chi connectivity index (χ0n) is 24.7. The predicted molar refractivity (Wildman–Crippen MR) is 164 cm³/mol. The quantitative estimate of drug-likeness (QED) is 0.258. The largest absolute Gasteiger partial charge is 0.484 e. The lowest BCUT2D eigenvalue weighted by Crippen LogP contribution is -2.20. The van der Waals surface area contributed by atoms with Crippen molar-refractivity contribution in [1.82, 2.24) is 24.6 Å². The van der Waals surface area contributed by atoms with Crippen molar-refractivity contribution in [3.8, 4) is 16.9 Å². The molecule has 3 N–H and O–H groups in total. The third-order valence-corrected chi connectivity index (χ3v) is 8.33. The van der Waals surface area contributed by atoms with Crippen LogP contribution in [0, 0.1) is 5.92 Å². The van der Waals surface area contributed by atoms with Crippen LogP contribution >= 0.6 is 0 Å². The monoisotopic (exact) mass is 578 g/mol. The van der Waals surface area contributed by atoms with Gasteiger partial charge in [-0.15, -0.1) is 0 Å². The number of pyridine rings is 1. The van der Waals surface area contributed by atoms with Crippen molar-refractivity contribution < 1.29 is 19.4 Å². The van der Waals surface area contributed by atoms with Crippen molar-refractivity contribution in [3.05, 3.63) is 70.8 Å². The van der Waals surface area contributed by atoms with Crippen molar-refractivity contribution in [2.24, 2.45) is 13.0 Å². The average molecular weight is 579 g/mol. The van der Waals surface area contributed by atoms with Gasteiger partial charge in [-0.3, -0.25) is 19.3 Å². The van der Waals surface area contributed by atoms with Gasteiger partial charge in [-0.1, -0.05) is 13.8 Å². The molecule has 1 unspecified atom stereocenters. The van der Waals surface area contributed by atoms with Gasteiger partial charge in [-0.25, -0.2) is 0 Å². The van der Waals surface area contributed by atoms with Crippen LogP contribution in [0.4, 0.5) is 5.69 Å². The normalized spacial score (nSPS) is 14.5. The van der Waals surface area contributed by atoms with Crippen molar-refractivity contribution in [2.45, 2.75) is 52.8 Å². The Kier molecular flexibility index (Phi) is 6.46. The number of nitrogens with one attached hydrogen (secondary N) is 2. The number of carbonyl (C=O) groups excluding carboxylic acids is 2. The van der Waals surface area contributed by atoms with E-state index in [0.29, 0.717) is 29.6 Å². The summed E-state index contributed by atoms with van der Waals surface area (Å²) in [6.07, 6.45) is 4.50. The number of hydrogen-bond donors (Lipinski definition) is 3. The number of hydrogen-bond acceptors (Lipinski definition) is 6. The Labute approximate surface area is 248 Å². The molecule has 5 aromatic rings. The van der Waals surface area contributed by atoms with Gasteiger partial charge >= 0.3 is 0 Å². The number of aliphatic hydroxyl groups excluding tert-OH is 1. The van der Waals surface area contributed by atoms with Crippen LogP contribution in [0.25, 0.3) is 32.9 Å². The van der Waals surface area contributed by atoms with Crippen LogP contribution in [0.5, 0.6) is 5.75 Å². The first-order chi connectivity index (χ1) is 20.7. The van der Waals surface area contributed by atoms with Gasteiger partial charge in [-0.05, 0) is 67.1 Å². The highest BCUT2D eigenvalue weighted by atomic mass is 16.5. The van der Waals surface area contributed by atoms with E-state index in [2.05, 4.69) is 40.1 Å². The van der Waals surface area contributed by atoms with Crippen molar-refractivity contribution >= 4 is 39.3 Å². The highest BCUT2D eigenvalue weighted by Crippen LogP contribution is 2.47. The lowest BCUT2D eigenvalue weighted by molar-refractivity contribution is -0.118. The molecule has 2 aromatic carbocycles. The van der Waals surface area contributed by atoms with Crippen LogP contribution in [0.1, 0.15) is 59.7 Å². The summed E-state index contributed by atoms with van der Waals surface area (Å²) in [5, 5.41) is 22.3. The molecule has 0 fully saturated rings. The van der Waals surface area contributed by atoms with E-state index in [4.69, 9.17) is 9.84 Å². The summed E-state index contributed by atoms with van der Waals surface area (Å²) in [6, 6.07) is 9.33. The molecule has 4 heterocycles. The van der Waals surface area contributed by atoms with E-state index < -0.39 is 6.10 Å². The Bertz CT molecular complexity index is 1930. The van der Waals surface area contributed by atoms with Crippen LogP contribution < -0.4 is 15.4 Å². The molecule has 10 heteroatoms. The maximum Gasteiger partial charge on any atom is 0.262 e. The molecule has 2 amide bonds. The first-order valence-corrected chi connectivity index (χ1v) is 14.7. The summed E-state index contributed by atoms with van der Waals surface area (Å²) in [5.74, 6) is 0.622. The second-order valence-corrected chi connectivity index (χ2v) is 11.9. The van der Waals surface area contributed by atoms with Gasteiger partial charge in [0.2, 0.25) is 0 Å². The molecule has 10 nitrogen and oxygen atoms in total. The smallest absolute Gasteiger partial charge is 0.262 e. The molecule has 43 heavy (non-hydrogen) atoms. The molecule has 0 bridgehead atoms. The fourth-order valence-electron chi connectivity index (χ4n) is 6.61. The summed E-state index contributed by atoms with van der Waals surface area (Å²) in [4.78, 5) is 30.2. The Morgan fingerprint density at radius 3 is 2.72 bits per heavy atom. The van der Waals surface area contributed by atoms with Gasteiger partial charge in [0.05, 0.1) is 40.5 Å². The maximum absolute atomic E-state index is 13.3. The Hall–Kier alpha value is -4.70. The minimum Gasteiger partial charge on any atom is -0.484 e. The molecule has 1 aliphatic carbocycles. The molecule has 7 rings (SSSR count). The average Bonchev–Trinajstić information content (AvgIpc) is 3.64. The van der Waals surface area contributed by atoms with Gasteiger partial charge in [-0.2, -0.15) is 5.10 Å². The van der Waals surface area contributed by atoms with E-state index in [0.717, 1.165) is 63.6 Å². The van der Waals surface area contributed by atoms with Gasteiger partial charge in [0.25, 0.3) is 11.8 Å². The SMILES string of the molecule is CC(C)Cn1c2ccc(OCC(=O)Nc3ccc(C(C)O)nc3)cc2c2c3c(c4c(c21)CCc1nn(C)cc1-4)C(=O)NC3. The number of anilines is 1. The molecule has 220 valence electrons. The summed E-state index contributed by atoms with van der Waals surface area (Å²) in [5.41, 5.74) is 9.36. The first kappa shape index (κ1) is 27.2. The number of amides is 2. The number of ether oxygens (including phenoxy) is 1. The van der Waals surface area contributed by atoms with Crippen molar-refractivity contribution in [1.29, 1.82) is 0 Å². The molecule has 0 saturated carbocycles. The fraction of sp³-hybridized carbons (Fsp3) is 0.333. The van der Waals surface area contributed by atoms with E-state index in [1.165, 1.54) is 17.3 Å². The molecule has 2 aliphatic rings. The van der Waals surface area contributed by atoms with Crippen LogP contribution in [0.3, 0.4) is 0 Å². The topological polar surface area (TPSA) is 123 Å². The minimum atomic E-state index is -0.678. The number of fused-ring (bicyclic) bond motifs is 10. The highest BCUT2D eigenvalue weighted by molar-refractivity contribution is 6.19. The number of carbonyl (C=O) groups is 2. The molecule has 1 atom stereocenters. The Balaban J connectivity index is 1.30. The van der Waals surface area contributed by atoms with Crippen LogP contribution in [-0.4, -0.2) is 42.9 Å². The zero-order chi connectivity index (χ0) is 30.0. The van der Waals surface area contributed by atoms with E-state index in [1.54, 1.807) is 19.1 Å². The van der Waals surface area contributed by atoms with Gasteiger partial charge in [0, 0.05) is 53.8 Å². The van der Waals surface area contributed by atoms with Crippen LogP contribution in [0.15, 0.2) is 42.7 Å². The van der Waals surface area contributed by atoms with Crippen molar-refractivity contribution in [2.75, 3.05) is 11.9 Å². The predicted octanol–water partition coefficient (Wildman–Crippen LogP) is 4.66. The summed E-state index contributed by atoms with van der Waals surface area (Å²) in [6.45, 7) is 7.18. The van der Waals surface area contributed by atoms with Crippen molar-refractivity contribution in [3.63, 3.8) is 0 Å².